The number of carbonyl (C=O) groups excluding carboxylic acids is 2. The lowest BCUT2D eigenvalue weighted by atomic mass is 10.1. The Balaban J connectivity index is 2.38. The van der Waals surface area contributed by atoms with Crippen LogP contribution in [-0.4, -0.2) is 45.7 Å². The van der Waals surface area contributed by atoms with Gasteiger partial charge < -0.3 is 25.8 Å². The Morgan fingerprint density at radius 1 is 1.10 bits per heavy atom. The van der Waals surface area contributed by atoms with Crippen LogP contribution in [0.15, 0.2) is 18.2 Å². The normalized spacial score (nSPS) is 9.86. The van der Waals surface area contributed by atoms with Crippen molar-refractivity contribution in [3.8, 4) is 11.5 Å². The molecular formula is C14H21N3O4. The van der Waals surface area contributed by atoms with E-state index in [4.69, 9.17) is 15.2 Å². The SMILES string of the molecule is COc1ccc(CCNC(=O)CNC(=O)CN)cc1OC. The third-order valence-corrected chi connectivity index (χ3v) is 2.82. The van der Waals surface area contributed by atoms with E-state index < -0.39 is 0 Å². The number of hydrogen-bond donors (Lipinski definition) is 3. The van der Waals surface area contributed by atoms with Gasteiger partial charge >= 0.3 is 0 Å². The molecule has 0 spiro atoms. The summed E-state index contributed by atoms with van der Waals surface area (Å²) in [5, 5.41) is 5.11. The highest BCUT2D eigenvalue weighted by molar-refractivity contribution is 5.85. The highest BCUT2D eigenvalue weighted by Crippen LogP contribution is 2.27. The van der Waals surface area contributed by atoms with Crippen LogP contribution in [0.25, 0.3) is 0 Å². The van der Waals surface area contributed by atoms with Crippen LogP contribution in [0.1, 0.15) is 5.56 Å². The van der Waals surface area contributed by atoms with Gasteiger partial charge in [0, 0.05) is 6.54 Å². The van der Waals surface area contributed by atoms with E-state index in [9.17, 15) is 9.59 Å². The average molecular weight is 295 g/mol. The van der Waals surface area contributed by atoms with Crippen LogP contribution in [0.5, 0.6) is 11.5 Å². The molecule has 0 unspecified atom stereocenters. The minimum atomic E-state index is -0.356. The van der Waals surface area contributed by atoms with Gasteiger partial charge in [0.25, 0.3) is 0 Å². The summed E-state index contributed by atoms with van der Waals surface area (Å²) in [4.78, 5) is 22.4. The van der Waals surface area contributed by atoms with Crippen LogP contribution in [0, 0.1) is 0 Å². The third kappa shape index (κ3) is 5.70. The van der Waals surface area contributed by atoms with Crippen molar-refractivity contribution in [2.75, 3.05) is 33.9 Å². The van der Waals surface area contributed by atoms with E-state index >= 15 is 0 Å². The molecule has 0 aromatic heterocycles. The molecule has 2 amide bonds. The second-order valence-corrected chi connectivity index (χ2v) is 4.27. The fraction of sp³-hybridized carbons (Fsp3) is 0.429. The Kier molecular flexibility index (Phi) is 7.03. The first-order valence-electron chi connectivity index (χ1n) is 6.55. The second kappa shape index (κ2) is 8.80. The maximum Gasteiger partial charge on any atom is 0.239 e. The van der Waals surface area contributed by atoms with Crippen molar-refractivity contribution in [2.24, 2.45) is 5.73 Å². The summed E-state index contributed by atoms with van der Waals surface area (Å²) in [6, 6.07) is 5.59. The fourth-order valence-corrected chi connectivity index (χ4v) is 1.70. The molecule has 0 aliphatic heterocycles. The van der Waals surface area contributed by atoms with Crippen LogP contribution >= 0.6 is 0 Å². The van der Waals surface area contributed by atoms with Crippen LogP contribution in [0.3, 0.4) is 0 Å². The van der Waals surface area contributed by atoms with Gasteiger partial charge in [0.15, 0.2) is 11.5 Å². The first-order chi connectivity index (χ1) is 10.1. The first kappa shape index (κ1) is 16.8. The van der Waals surface area contributed by atoms with E-state index in [1.165, 1.54) is 0 Å². The Morgan fingerprint density at radius 3 is 2.43 bits per heavy atom. The van der Waals surface area contributed by atoms with E-state index in [1.807, 2.05) is 18.2 Å². The van der Waals surface area contributed by atoms with Crippen LogP contribution in [0.2, 0.25) is 0 Å². The minimum Gasteiger partial charge on any atom is -0.493 e. The third-order valence-electron chi connectivity index (χ3n) is 2.82. The van der Waals surface area contributed by atoms with Gasteiger partial charge in [0.05, 0.1) is 27.3 Å². The van der Waals surface area contributed by atoms with Gasteiger partial charge in [-0.05, 0) is 24.1 Å². The Bertz CT molecular complexity index is 491. The summed E-state index contributed by atoms with van der Waals surface area (Å²) >= 11 is 0. The Labute approximate surface area is 123 Å². The molecule has 0 radical (unpaired) electrons. The molecule has 0 atom stereocenters. The summed E-state index contributed by atoms with van der Waals surface area (Å²) in [7, 11) is 3.15. The van der Waals surface area contributed by atoms with E-state index in [1.54, 1.807) is 14.2 Å². The van der Waals surface area contributed by atoms with Crippen molar-refractivity contribution in [1.82, 2.24) is 10.6 Å². The largest absolute Gasteiger partial charge is 0.493 e. The molecule has 1 aromatic rings. The Hall–Kier alpha value is -2.28. The van der Waals surface area contributed by atoms with Gasteiger partial charge in [-0.25, -0.2) is 0 Å². The van der Waals surface area contributed by atoms with Crippen molar-refractivity contribution < 1.29 is 19.1 Å². The smallest absolute Gasteiger partial charge is 0.239 e. The zero-order valence-corrected chi connectivity index (χ0v) is 12.3. The summed E-state index contributed by atoms with van der Waals surface area (Å²) in [5.74, 6) is 0.702. The monoisotopic (exact) mass is 295 g/mol. The zero-order valence-electron chi connectivity index (χ0n) is 12.3. The molecule has 21 heavy (non-hydrogen) atoms. The van der Waals surface area contributed by atoms with Gasteiger partial charge in [-0.15, -0.1) is 0 Å². The molecule has 7 heteroatoms. The van der Waals surface area contributed by atoms with Crippen molar-refractivity contribution in [3.63, 3.8) is 0 Å². The highest BCUT2D eigenvalue weighted by Gasteiger charge is 2.06. The van der Waals surface area contributed by atoms with E-state index in [0.29, 0.717) is 24.5 Å². The number of ether oxygens (including phenoxy) is 2. The van der Waals surface area contributed by atoms with Crippen LogP contribution in [-0.2, 0) is 16.0 Å². The van der Waals surface area contributed by atoms with Gasteiger partial charge in [-0.3, -0.25) is 9.59 Å². The van der Waals surface area contributed by atoms with E-state index in [-0.39, 0.29) is 24.9 Å². The fourth-order valence-electron chi connectivity index (χ4n) is 1.70. The number of rotatable bonds is 8. The van der Waals surface area contributed by atoms with Crippen molar-refractivity contribution >= 4 is 11.8 Å². The lowest BCUT2D eigenvalue weighted by molar-refractivity contribution is -0.125. The predicted octanol–water partition coefficient (Wildman–Crippen LogP) is -0.563. The number of methoxy groups -OCH3 is 2. The molecule has 0 bridgehead atoms. The number of carbonyl (C=O) groups is 2. The number of benzene rings is 1. The molecule has 0 saturated heterocycles. The number of nitrogens with one attached hydrogen (secondary N) is 2. The molecule has 4 N–H and O–H groups in total. The summed E-state index contributed by atoms with van der Waals surface area (Å²) in [6.07, 6.45) is 0.650. The average Bonchev–Trinajstić information content (AvgIpc) is 2.52. The van der Waals surface area contributed by atoms with Gasteiger partial charge in [0.2, 0.25) is 11.8 Å². The summed E-state index contributed by atoms with van der Waals surface area (Å²) in [5.41, 5.74) is 6.13. The van der Waals surface area contributed by atoms with Gasteiger partial charge in [-0.2, -0.15) is 0 Å². The van der Waals surface area contributed by atoms with Crippen molar-refractivity contribution in [3.05, 3.63) is 23.8 Å². The van der Waals surface area contributed by atoms with Gasteiger partial charge in [-0.1, -0.05) is 6.07 Å². The van der Waals surface area contributed by atoms with Crippen LogP contribution in [0.4, 0.5) is 0 Å². The molecule has 0 aliphatic rings. The highest BCUT2D eigenvalue weighted by atomic mass is 16.5. The van der Waals surface area contributed by atoms with Crippen LogP contribution < -0.4 is 25.8 Å². The topological polar surface area (TPSA) is 103 Å². The maximum absolute atomic E-state index is 11.5. The van der Waals surface area contributed by atoms with Crippen molar-refractivity contribution in [1.29, 1.82) is 0 Å². The van der Waals surface area contributed by atoms with E-state index in [0.717, 1.165) is 5.56 Å². The second-order valence-electron chi connectivity index (χ2n) is 4.27. The number of hydrogen-bond acceptors (Lipinski definition) is 5. The molecule has 7 nitrogen and oxygen atoms in total. The van der Waals surface area contributed by atoms with Crippen molar-refractivity contribution in [2.45, 2.75) is 6.42 Å². The standard InChI is InChI=1S/C14H21N3O4/c1-20-11-4-3-10(7-12(11)21-2)5-6-16-14(19)9-17-13(18)8-15/h3-4,7H,5-6,8-9,15H2,1-2H3,(H,16,19)(H,17,18). The molecule has 116 valence electrons. The molecule has 0 fully saturated rings. The molecule has 1 rings (SSSR count). The quantitative estimate of drug-likeness (QED) is 0.596. The lowest BCUT2D eigenvalue weighted by Gasteiger charge is -2.10. The number of amides is 2. The number of nitrogens with two attached hydrogens (primary N) is 1. The molecule has 0 aliphatic carbocycles. The van der Waals surface area contributed by atoms with Gasteiger partial charge in [0.1, 0.15) is 0 Å². The minimum absolute atomic E-state index is 0.0675. The van der Waals surface area contributed by atoms with E-state index in [2.05, 4.69) is 10.6 Å². The summed E-state index contributed by atoms with van der Waals surface area (Å²) in [6.45, 7) is 0.272. The first-order valence-corrected chi connectivity index (χ1v) is 6.55. The Morgan fingerprint density at radius 2 is 1.81 bits per heavy atom. The lowest BCUT2D eigenvalue weighted by Crippen LogP contribution is -2.40. The predicted molar refractivity (Wildman–Crippen MR) is 78.3 cm³/mol. The molecular weight excluding hydrogens is 274 g/mol. The molecule has 0 heterocycles. The zero-order chi connectivity index (χ0) is 15.7. The molecule has 1 aromatic carbocycles. The maximum atomic E-state index is 11.5. The molecule has 0 saturated carbocycles. The summed E-state index contributed by atoms with van der Waals surface area (Å²) < 4.78 is 10.4.